The molecule has 0 aliphatic carbocycles. The Morgan fingerprint density at radius 3 is 2.39 bits per heavy atom. The Morgan fingerprint density at radius 1 is 1.22 bits per heavy atom. The van der Waals surface area contributed by atoms with Gasteiger partial charge in [-0.15, -0.1) is 0 Å². The number of ether oxygens (including phenoxy) is 1. The molecule has 0 bridgehead atoms. The van der Waals surface area contributed by atoms with Crippen LogP contribution in [0.25, 0.3) is 0 Å². The van der Waals surface area contributed by atoms with E-state index in [1.54, 1.807) is 0 Å². The monoisotopic (exact) mass is 250 g/mol. The average molecular weight is 250 g/mol. The molecule has 0 saturated carbocycles. The third kappa shape index (κ3) is 3.74. The van der Waals surface area contributed by atoms with Gasteiger partial charge in [0.1, 0.15) is 5.75 Å². The lowest BCUT2D eigenvalue weighted by Gasteiger charge is -2.24. The minimum Gasteiger partial charge on any atom is -0.493 e. The quantitative estimate of drug-likeness (QED) is 0.848. The van der Waals surface area contributed by atoms with Gasteiger partial charge in [0.2, 0.25) is 0 Å². The van der Waals surface area contributed by atoms with Crippen LogP contribution in [0.2, 0.25) is 0 Å². The Bertz CT molecular complexity index is 377. The van der Waals surface area contributed by atoms with E-state index in [0.29, 0.717) is 0 Å². The van der Waals surface area contributed by atoms with Crippen molar-refractivity contribution in [3.05, 3.63) is 29.3 Å². The number of aliphatic hydroxyl groups excluding tert-OH is 1. The average Bonchev–Trinajstić information content (AvgIpc) is 2.34. The third-order valence-electron chi connectivity index (χ3n) is 3.04. The third-order valence-corrected chi connectivity index (χ3v) is 3.04. The molecule has 0 aliphatic heterocycles. The van der Waals surface area contributed by atoms with Gasteiger partial charge in [-0.1, -0.05) is 40.7 Å². The van der Waals surface area contributed by atoms with Crippen molar-refractivity contribution in [2.75, 3.05) is 6.61 Å². The molecule has 1 aromatic carbocycles. The van der Waals surface area contributed by atoms with Crippen molar-refractivity contribution in [1.29, 1.82) is 0 Å². The number of aliphatic hydroxyl groups is 1. The van der Waals surface area contributed by atoms with Gasteiger partial charge in [-0.2, -0.15) is 0 Å². The van der Waals surface area contributed by atoms with Gasteiger partial charge >= 0.3 is 0 Å². The highest BCUT2D eigenvalue weighted by atomic mass is 16.5. The number of hydrogen-bond donors (Lipinski definition) is 1. The van der Waals surface area contributed by atoms with E-state index in [1.807, 2.05) is 19.1 Å². The Morgan fingerprint density at radius 2 is 1.89 bits per heavy atom. The molecule has 0 radical (unpaired) electrons. The van der Waals surface area contributed by atoms with Gasteiger partial charge in [-0.3, -0.25) is 0 Å². The summed E-state index contributed by atoms with van der Waals surface area (Å²) in [6.07, 6.45) is 1.35. The van der Waals surface area contributed by atoms with E-state index in [1.165, 1.54) is 5.56 Å². The second-order valence-electron chi connectivity index (χ2n) is 5.78. The lowest BCUT2D eigenvalue weighted by molar-refractivity contribution is 0.173. The van der Waals surface area contributed by atoms with Crippen LogP contribution in [0.3, 0.4) is 0 Å². The van der Waals surface area contributed by atoms with Crippen molar-refractivity contribution in [3.8, 4) is 5.75 Å². The van der Waals surface area contributed by atoms with Crippen LogP contribution in [0.4, 0.5) is 0 Å². The molecule has 0 heterocycles. The van der Waals surface area contributed by atoms with E-state index in [9.17, 15) is 5.11 Å². The van der Waals surface area contributed by atoms with Crippen LogP contribution in [-0.2, 0) is 5.41 Å². The predicted octanol–water partition coefficient (Wildman–Crippen LogP) is 4.22. The van der Waals surface area contributed by atoms with Crippen molar-refractivity contribution < 1.29 is 9.84 Å². The minimum absolute atomic E-state index is 0.0204. The highest BCUT2D eigenvalue weighted by Gasteiger charge is 2.20. The van der Waals surface area contributed by atoms with Crippen molar-refractivity contribution in [3.63, 3.8) is 0 Å². The van der Waals surface area contributed by atoms with Crippen LogP contribution in [0, 0.1) is 0 Å². The first kappa shape index (κ1) is 15.0. The van der Waals surface area contributed by atoms with Crippen LogP contribution < -0.4 is 4.74 Å². The summed E-state index contributed by atoms with van der Waals surface area (Å²) in [5.74, 6) is 0.941. The molecule has 0 aliphatic rings. The minimum atomic E-state index is -0.383. The van der Waals surface area contributed by atoms with E-state index in [0.717, 1.165) is 30.8 Å². The molecule has 2 heteroatoms. The molecular weight excluding hydrogens is 224 g/mol. The molecule has 1 rings (SSSR count). The van der Waals surface area contributed by atoms with Gasteiger partial charge < -0.3 is 9.84 Å². The second kappa shape index (κ2) is 6.24. The van der Waals surface area contributed by atoms with Crippen molar-refractivity contribution in [2.24, 2.45) is 0 Å². The van der Waals surface area contributed by atoms with Crippen LogP contribution in [-0.4, -0.2) is 11.7 Å². The molecule has 0 amide bonds. The molecule has 0 spiro atoms. The molecule has 1 atom stereocenters. The zero-order valence-corrected chi connectivity index (χ0v) is 12.3. The normalized spacial score (nSPS) is 13.4. The number of hydrogen-bond acceptors (Lipinski definition) is 2. The molecule has 2 nitrogen and oxygen atoms in total. The van der Waals surface area contributed by atoms with Crippen LogP contribution in [0.15, 0.2) is 18.2 Å². The van der Waals surface area contributed by atoms with E-state index >= 15 is 0 Å². The van der Waals surface area contributed by atoms with Crippen LogP contribution in [0.5, 0.6) is 5.75 Å². The zero-order valence-electron chi connectivity index (χ0n) is 12.3. The summed E-state index contributed by atoms with van der Waals surface area (Å²) in [4.78, 5) is 0. The molecule has 0 saturated heterocycles. The summed E-state index contributed by atoms with van der Waals surface area (Å²) >= 11 is 0. The molecule has 1 unspecified atom stereocenters. The maximum absolute atomic E-state index is 9.95. The van der Waals surface area contributed by atoms with Gasteiger partial charge in [0.25, 0.3) is 0 Å². The smallest absolute Gasteiger partial charge is 0.123 e. The van der Waals surface area contributed by atoms with Gasteiger partial charge in [0.15, 0.2) is 0 Å². The van der Waals surface area contributed by atoms with Gasteiger partial charge in [0, 0.05) is 0 Å². The highest BCUT2D eigenvalue weighted by molar-refractivity contribution is 5.42. The molecule has 0 aromatic heterocycles. The van der Waals surface area contributed by atoms with E-state index < -0.39 is 0 Å². The van der Waals surface area contributed by atoms with Crippen LogP contribution in [0.1, 0.15) is 64.7 Å². The first-order valence-electron chi connectivity index (χ1n) is 6.85. The predicted molar refractivity (Wildman–Crippen MR) is 76.2 cm³/mol. The Balaban J connectivity index is 3.12. The van der Waals surface area contributed by atoms with E-state index in [-0.39, 0.29) is 11.5 Å². The van der Waals surface area contributed by atoms with Gasteiger partial charge in [-0.05, 0) is 41.5 Å². The van der Waals surface area contributed by atoms with Gasteiger partial charge in [-0.25, -0.2) is 0 Å². The molecule has 102 valence electrons. The van der Waals surface area contributed by atoms with Gasteiger partial charge in [0.05, 0.1) is 12.7 Å². The van der Waals surface area contributed by atoms with E-state index in [4.69, 9.17) is 4.74 Å². The summed E-state index contributed by atoms with van der Waals surface area (Å²) in [5.41, 5.74) is 2.17. The fourth-order valence-electron chi connectivity index (χ4n) is 1.91. The standard InChI is InChI=1S/C16H26O2/c1-6-10-18-15-9-8-12(14(17)7-2)11-13(15)16(3,4)5/h8-9,11,14,17H,6-7,10H2,1-5H3. The molecule has 18 heavy (non-hydrogen) atoms. The summed E-state index contributed by atoms with van der Waals surface area (Å²) < 4.78 is 5.80. The molecule has 0 fully saturated rings. The first-order valence-corrected chi connectivity index (χ1v) is 6.85. The Hall–Kier alpha value is -1.02. The fraction of sp³-hybridized carbons (Fsp3) is 0.625. The summed E-state index contributed by atoms with van der Waals surface area (Å²) in [7, 11) is 0. The largest absolute Gasteiger partial charge is 0.493 e. The Kier molecular flexibility index (Phi) is 5.21. The molecule has 1 N–H and O–H groups in total. The van der Waals surface area contributed by atoms with Crippen LogP contribution >= 0.6 is 0 Å². The maximum Gasteiger partial charge on any atom is 0.123 e. The van der Waals surface area contributed by atoms with Crippen molar-refractivity contribution in [1.82, 2.24) is 0 Å². The molecule has 1 aromatic rings. The second-order valence-corrected chi connectivity index (χ2v) is 5.78. The topological polar surface area (TPSA) is 29.5 Å². The maximum atomic E-state index is 9.95. The summed E-state index contributed by atoms with van der Waals surface area (Å²) in [6.45, 7) is 11.3. The highest BCUT2D eigenvalue weighted by Crippen LogP contribution is 2.34. The van der Waals surface area contributed by atoms with Crippen molar-refractivity contribution >= 4 is 0 Å². The molecular formula is C16H26O2. The Labute approximate surface area is 111 Å². The summed E-state index contributed by atoms with van der Waals surface area (Å²) in [6, 6.07) is 6.04. The number of rotatable bonds is 5. The summed E-state index contributed by atoms with van der Waals surface area (Å²) in [5, 5.41) is 9.95. The lowest BCUT2D eigenvalue weighted by atomic mass is 9.84. The zero-order chi connectivity index (χ0) is 13.8. The van der Waals surface area contributed by atoms with E-state index in [2.05, 4.69) is 33.8 Å². The van der Waals surface area contributed by atoms with Crippen molar-refractivity contribution in [2.45, 2.75) is 59.0 Å². The number of benzene rings is 1. The first-order chi connectivity index (χ1) is 8.40. The lowest BCUT2D eigenvalue weighted by Crippen LogP contribution is -2.15. The SMILES string of the molecule is CCCOc1ccc(C(O)CC)cc1C(C)(C)C. The fourth-order valence-corrected chi connectivity index (χ4v) is 1.91.